The summed E-state index contributed by atoms with van der Waals surface area (Å²) >= 11 is 0. The predicted molar refractivity (Wildman–Crippen MR) is 127 cm³/mol. The number of piperidine rings is 1. The number of aromatic nitrogens is 1. The number of aryl methyl sites for hydroxylation is 1. The van der Waals surface area contributed by atoms with Crippen LogP contribution < -0.4 is 5.32 Å². The molecule has 2 aliphatic heterocycles. The number of aromatic amines is 1. The number of sulfonamides is 1. The van der Waals surface area contributed by atoms with Crippen LogP contribution in [0.25, 0.3) is 17.0 Å². The lowest BCUT2D eigenvalue weighted by Crippen LogP contribution is -2.50. The molecule has 1 saturated heterocycles. The molecule has 32 heavy (non-hydrogen) atoms. The molecule has 1 saturated carbocycles. The Morgan fingerprint density at radius 2 is 1.91 bits per heavy atom. The number of carbonyl (C=O) groups is 1. The van der Waals surface area contributed by atoms with Crippen LogP contribution in [0.3, 0.4) is 0 Å². The molecule has 3 heterocycles. The number of fused-ring (bicyclic) bond motifs is 1. The molecule has 0 bridgehead atoms. The minimum absolute atomic E-state index is 0.0554. The minimum Gasteiger partial charge on any atom is -0.359 e. The molecule has 2 N–H and O–H groups in total. The fraction of sp³-hybridized carbons (Fsp3) is 0.500. The summed E-state index contributed by atoms with van der Waals surface area (Å²) < 4.78 is 27.5. The fourth-order valence-corrected chi connectivity index (χ4v) is 6.45. The highest BCUT2D eigenvalue weighted by Crippen LogP contribution is 2.35. The van der Waals surface area contributed by atoms with Gasteiger partial charge in [0.25, 0.3) is 5.91 Å². The SMILES string of the molecule is Cc1cc2c(/C=C/S(=O)(=O)N3CCC4(CC3)N=C(C3CCCCC3)NC4=O)cccc2[nH]1. The second-order valence-corrected chi connectivity index (χ2v) is 11.1. The van der Waals surface area contributed by atoms with Gasteiger partial charge in [-0.3, -0.25) is 9.79 Å². The van der Waals surface area contributed by atoms with Crippen molar-refractivity contribution in [3.63, 3.8) is 0 Å². The molecule has 1 amide bonds. The first-order valence-electron chi connectivity index (χ1n) is 11.5. The third-order valence-electron chi connectivity index (χ3n) is 7.15. The molecular formula is C24H30N4O3S. The third-order valence-corrected chi connectivity index (χ3v) is 8.72. The first-order chi connectivity index (χ1) is 15.4. The Hall–Kier alpha value is -2.45. The zero-order valence-corrected chi connectivity index (χ0v) is 19.2. The van der Waals surface area contributed by atoms with E-state index in [0.29, 0.717) is 31.8 Å². The van der Waals surface area contributed by atoms with Crippen molar-refractivity contribution in [2.24, 2.45) is 10.9 Å². The van der Waals surface area contributed by atoms with Crippen molar-refractivity contribution in [2.75, 3.05) is 13.1 Å². The number of aliphatic imine (C=N–C) groups is 1. The number of amidine groups is 1. The number of benzene rings is 1. The van der Waals surface area contributed by atoms with E-state index < -0.39 is 15.6 Å². The van der Waals surface area contributed by atoms with E-state index in [1.807, 2.05) is 31.2 Å². The van der Waals surface area contributed by atoms with Gasteiger partial charge in [0, 0.05) is 41.0 Å². The van der Waals surface area contributed by atoms with E-state index in [1.165, 1.54) is 29.0 Å². The Balaban J connectivity index is 1.29. The second-order valence-electron chi connectivity index (χ2n) is 9.33. The third kappa shape index (κ3) is 3.90. The van der Waals surface area contributed by atoms with Gasteiger partial charge in [-0.15, -0.1) is 0 Å². The normalized spacial score (nSPS) is 22.7. The number of amides is 1. The summed E-state index contributed by atoms with van der Waals surface area (Å²) in [7, 11) is -3.58. The van der Waals surface area contributed by atoms with Crippen molar-refractivity contribution < 1.29 is 13.2 Å². The van der Waals surface area contributed by atoms with Gasteiger partial charge in [-0.2, -0.15) is 4.31 Å². The molecule has 1 aromatic heterocycles. The topological polar surface area (TPSA) is 94.6 Å². The average molecular weight is 455 g/mol. The Bertz CT molecular complexity index is 1200. The zero-order valence-electron chi connectivity index (χ0n) is 18.4. The summed E-state index contributed by atoms with van der Waals surface area (Å²) in [5, 5.41) is 5.32. The van der Waals surface area contributed by atoms with Crippen molar-refractivity contribution in [1.82, 2.24) is 14.6 Å². The van der Waals surface area contributed by atoms with Gasteiger partial charge in [0.05, 0.1) is 0 Å². The Morgan fingerprint density at radius 1 is 1.16 bits per heavy atom. The smallest absolute Gasteiger partial charge is 0.253 e. The molecule has 3 aliphatic rings. The molecule has 8 heteroatoms. The minimum atomic E-state index is -3.58. The van der Waals surface area contributed by atoms with Crippen LogP contribution in [0.5, 0.6) is 0 Å². The van der Waals surface area contributed by atoms with Gasteiger partial charge in [-0.05, 0) is 56.4 Å². The van der Waals surface area contributed by atoms with Gasteiger partial charge in [0.1, 0.15) is 11.4 Å². The maximum Gasteiger partial charge on any atom is 0.253 e. The van der Waals surface area contributed by atoms with E-state index in [2.05, 4.69) is 10.3 Å². The van der Waals surface area contributed by atoms with Gasteiger partial charge in [-0.25, -0.2) is 8.42 Å². The lowest BCUT2D eigenvalue weighted by Gasteiger charge is -2.34. The van der Waals surface area contributed by atoms with Crippen molar-refractivity contribution in [3.05, 3.63) is 40.9 Å². The molecule has 0 radical (unpaired) electrons. The zero-order chi connectivity index (χ0) is 22.3. The molecule has 2 aromatic rings. The average Bonchev–Trinajstić information content (AvgIpc) is 3.33. The van der Waals surface area contributed by atoms with Crippen LogP contribution in [0.1, 0.15) is 56.2 Å². The van der Waals surface area contributed by atoms with Crippen LogP contribution >= 0.6 is 0 Å². The summed E-state index contributed by atoms with van der Waals surface area (Å²) in [6.07, 6.45) is 8.28. The predicted octanol–water partition coefficient (Wildman–Crippen LogP) is 3.72. The van der Waals surface area contributed by atoms with E-state index in [0.717, 1.165) is 40.8 Å². The number of hydrogen-bond donors (Lipinski definition) is 2. The highest BCUT2D eigenvalue weighted by molar-refractivity contribution is 7.92. The summed E-state index contributed by atoms with van der Waals surface area (Å²) in [4.78, 5) is 20.9. The molecule has 1 spiro atoms. The standard InChI is InChI=1S/C24H30N4O3S/c1-17-16-20-18(8-5-9-21(20)25-17)10-15-32(30,31)28-13-11-24(12-14-28)23(29)26-22(27-24)19-6-3-2-4-7-19/h5,8-10,15-16,19,25H,2-4,6-7,11-14H2,1H3,(H,26,27,29)/b15-10+. The summed E-state index contributed by atoms with van der Waals surface area (Å²) in [6.45, 7) is 2.58. The van der Waals surface area contributed by atoms with E-state index in [9.17, 15) is 13.2 Å². The number of carbonyl (C=O) groups excluding carboxylic acids is 1. The van der Waals surface area contributed by atoms with Crippen molar-refractivity contribution in [1.29, 1.82) is 0 Å². The van der Waals surface area contributed by atoms with E-state index >= 15 is 0 Å². The number of rotatable bonds is 4. The molecule has 2 fully saturated rings. The molecule has 5 rings (SSSR count). The summed E-state index contributed by atoms with van der Waals surface area (Å²) in [6, 6.07) is 7.83. The molecule has 7 nitrogen and oxygen atoms in total. The maximum absolute atomic E-state index is 13.0. The monoisotopic (exact) mass is 454 g/mol. The van der Waals surface area contributed by atoms with E-state index in [4.69, 9.17) is 4.99 Å². The second kappa shape index (κ2) is 8.15. The Kier molecular flexibility index (Phi) is 5.45. The van der Waals surface area contributed by atoms with Gasteiger partial charge in [0.15, 0.2) is 0 Å². The first kappa shape index (κ1) is 21.4. The lowest BCUT2D eigenvalue weighted by molar-refractivity contribution is -0.124. The Morgan fingerprint density at radius 3 is 2.66 bits per heavy atom. The number of H-pyrrole nitrogens is 1. The largest absolute Gasteiger partial charge is 0.359 e. The van der Waals surface area contributed by atoms with E-state index in [1.54, 1.807) is 6.08 Å². The van der Waals surface area contributed by atoms with Gasteiger partial charge < -0.3 is 10.3 Å². The molecule has 1 aromatic carbocycles. The van der Waals surface area contributed by atoms with Crippen molar-refractivity contribution >= 4 is 38.7 Å². The van der Waals surface area contributed by atoms with Gasteiger partial charge in [0.2, 0.25) is 10.0 Å². The van der Waals surface area contributed by atoms with Gasteiger partial charge in [-0.1, -0.05) is 31.4 Å². The highest BCUT2D eigenvalue weighted by Gasteiger charge is 2.48. The first-order valence-corrected chi connectivity index (χ1v) is 13.0. The van der Waals surface area contributed by atoms with Gasteiger partial charge >= 0.3 is 0 Å². The van der Waals surface area contributed by atoms with Crippen LogP contribution in [0.15, 0.2) is 34.7 Å². The Labute approximate surface area is 189 Å². The molecule has 170 valence electrons. The number of hydrogen-bond acceptors (Lipinski definition) is 4. The molecule has 0 unspecified atom stereocenters. The molecular weight excluding hydrogens is 424 g/mol. The van der Waals surface area contributed by atoms with Crippen LogP contribution in [-0.2, 0) is 14.8 Å². The fourth-order valence-electron chi connectivity index (χ4n) is 5.27. The summed E-state index contributed by atoms with van der Waals surface area (Å²) in [5.41, 5.74) is 2.09. The van der Waals surface area contributed by atoms with Crippen molar-refractivity contribution in [3.8, 4) is 0 Å². The lowest BCUT2D eigenvalue weighted by atomic mass is 9.88. The van der Waals surface area contributed by atoms with E-state index in [-0.39, 0.29) is 5.91 Å². The van der Waals surface area contributed by atoms with Crippen LogP contribution in [0.4, 0.5) is 0 Å². The van der Waals surface area contributed by atoms with Crippen molar-refractivity contribution in [2.45, 2.75) is 57.4 Å². The number of nitrogens with one attached hydrogen (secondary N) is 2. The molecule has 0 atom stereocenters. The van der Waals surface area contributed by atoms with Crippen LogP contribution in [0, 0.1) is 12.8 Å². The summed E-state index contributed by atoms with van der Waals surface area (Å²) in [5.74, 6) is 1.12. The molecule has 1 aliphatic carbocycles. The van der Waals surface area contributed by atoms with Crippen LogP contribution in [0.2, 0.25) is 0 Å². The maximum atomic E-state index is 13.0. The number of nitrogens with zero attached hydrogens (tertiary/aromatic N) is 2. The highest BCUT2D eigenvalue weighted by atomic mass is 32.2. The quantitative estimate of drug-likeness (QED) is 0.737. The van der Waals surface area contributed by atoms with Crippen LogP contribution in [-0.4, -0.2) is 48.1 Å².